The van der Waals surface area contributed by atoms with Gasteiger partial charge in [0.1, 0.15) is 0 Å². The van der Waals surface area contributed by atoms with Crippen LogP contribution in [0.15, 0.2) is 29.3 Å². The summed E-state index contributed by atoms with van der Waals surface area (Å²) in [5.74, 6) is -0.296. The molecule has 0 unspecified atom stereocenters. The number of aromatic amines is 1. The van der Waals surface area contributed by atoms with Gasteiger partial charge in [-0.1, -0.05) is 13.3 Å². The van der Waals surface area contributed by atoms with Gasteiger partial charge in [-0.2, -0.15) is 0 Å². The second-order valence-electron chi connectivity index (χ2n) is 4.16. The third-order valence-corrected chi connectivity index (χ3v) is 2.87. The number of ether oxygens (including phenoxy) is 1. The van der Waals surface area contributed by atoms with Crippen molar-refractivity contribution < 1.29 is 9.13 Å². The number of hydrogen-bond donors (Lipinski definition) is 1. The van der Waals surface area contributed by atoms with Crippen LogP contribution in [-0.2, 0) is 6.42 Å². The molecule has 0 aliphatic rings. The molecule has 1 heterocycles. The van der Waals surface area contributed by atoms with Crippen LogP contribution in [0.1, 0.15) is 18.9 Å². The Morgan fingerprint density at radius 2 is 2.21 bits per heavy atom. The highest BCUT2D eigenvalue weighted by molar-refractivity contribution is 5.63. The van der Waals surface area contributed by atoms with Gasteiger partial charge in [-0.3, -0.25) is 4.79 Å². The number of nitrogens with zero attached hydrogens (tertiary/aromatic N) is 1. The van der Waals surface area contributed by atoms with E-state index in [0.29, 0.717) is 23.2 Å². The molecule has 1 N–H and O–H groups in total. The third kappa shape index (κ3) is 2.65. The second kappa shape index (κ2) is 5.65. The van der Waals surface area contributed by atoms with E-state index in [9.17, 15) is 9.18 Å². The number of halogens is 1. The van der Waals surface area contributed by atoms with E-state index in [2.05, 4.69) is 9.97 Å². The molecule has 0 atom stereocenters. The molecule has 0 aliphatic carbocycles. The van der Waals surface area contributed by atoms with Gasteiger partial charge in [-0.15, -0.1) is 0 Å². The van der Waals surface area contributed by atoms with Crippen LogP contribution < -0.4 is 10.3 Å². The highest BCUT2D eigenvalue weighted by atomic mass is 19.1. The number of methoxy groups -OCH3 is 1. The van der Waals surface area contributed by atoms with Gasteiger partial charge in [0.15, 0.2) is 11.6 Å². The maximum absolute atomic E-state index is 13.7. The zero-order chi connectivity index (χ0) is 13.8. The first kappa shape index (κ1) is 13.3. The molecular formula is C14H15FN2O2. The molecule has 100 valence electrons. The monoisotopic (exact) mass is 262 g/mol. The Morgan fingerprint density at radius 1 is 1.42 bits per heavy atom. The van der Waals surface area contributed by atoms with E-state index in [1.807, 2.05) is 6.92 Å². The smallest absolute Gasteiger partial charge is 0.254 e. The molecule has 2 aromatic rings. The Morgan fingerprint density at radius 3 is 2.84 bits per heavy atom. The van der Waals surface area contributed by atoms with E-state index in [0.717, 1.165) is 6.42 Å². The fourth-order valence-corrected chi connectivity index (χ4v) is 1.97. The standard InChI is InChI=1S/C14H15FN2O2/c1-3-4-10-13(16-8-17-14(10)18)9-5-6-12(19-2)11(15)7-9/h5-8H,3-4H2,1-2H3,(H,16,17,18). The van der Waals surface area contributed by atoms with Gasteiger partial charge in [-0.25, -0.2) is 9.37 Å². The maximum Gasteiger partial charge on any atom is 0.254 e. The summed E-state index contributed by atoms with van der Waals surface area (Å²) in [7, 11) is 1.41. The van der Waals surface area contributed by atoms with Crippen molar-refractivity contribution in [3.05, 3.63) is 46.3 Å². The van der Waals surface area contributed by atoms with Crippen molar-refractivity contribution in [3.63, 3.8) is 0 Å². The van der Waals surface area contributed by atoms with Crippen molar-refractivity contribution in [2.75, 3.05) is 7.11 Å². The largest absolute Gasteiger partial charge is 0.494 e. The van der Waals surface area contributed by atoms with Crippen LogP contribution in [0.2, 0.25) is 0 Å². The SMILES string of the molecule is CCCc1c(-c2ccc(OC)c(F)c2)nc[nH]c1=O. The average molecular weight is 262 g/mol. The molecule has 4 nitrogen and oxygen atoms in total. The molecule has 0 saturated heterocycles. The number of aromatic nitrogens is 2. The summed E-state index contributed by atoms with van der Waals surface area (Å²) in [4.78, 5) is 18.5. The fraction of sp³-hybridized carbons (Fsp3) is 0.286. The lowest BCUT2D eigenvalue weighted by molar-refractivity contribution is 0.386. The topological polar surface area (TPSA) is 55.0 Å². The molecular weight excluding hydrogens is 247 g/mol. The minimum atomic E-state index is -0.468. The van der Waals surface area contributed by atoms with Crippen LogP contribution in [0, 0.1) is 5.82 Å². The maximum atomic E-state index is 13.7. The van der Waals surface area contributed by atoms with Crippen LogP contribution in [0.4, 0.5) is 4.39 Å². The van der Waals surface area contributed by atoms with Gasteiger partial charge in [-0.05, 0) is 24.6 Å². The lowest BCUT2D eigenvalue weighted by Gasteiger charge is -2.08. The van der Waals surface area contributed by atoms with E-state index in [1.165, 1.54) is 25.6 Å². The van der Waals surface area contributed by atoms with Gasteiger partial charge in [0.25, 0.3) is 5.56 Å². The summed E-state index contributed by atoms with van der Waals surface area (Å²) in [6, 6.07) is 4.56. The number of H-pyrrole nitrogens is 1. The first-order valence-electron chi connectivity index (χ1n) is 6.07. The molecule has 2 rings (SSSR count). The number of benzene rings is 1. The molecule has 19 heavy (non-hydrogen) atoms. The van der Waals surface area contributed by atoms with Gasteiger partial charge in [0, 0.05) is 11.1 Å². The summed E-state index contributed by atoms with van der Waals surface area (Å²) in [5, 5.41) is 0. The molecule has 0 spiro atoms. The van der Waals surface area contributed by atoms with Gasteiger partial charge in [0.2, 0.25) is 0 Å². The van der Waals surface area contributed by atoms with Gasteiger partial charge < -0.3 is 9.72 Å². The quantitative estimate of drug-likeness (QED) is 0.921. The molecule has 0 bridgehead atoms. The van der Waals surface area contributed by atoms with Crippen molar-refractivity contribution >= 4 is 0 Å². The highest BCUT2D eigenvalue weighted by Gasteiger charge is 2.12. The molecule has 0 radical (unpaired) electrons. The third-order valence-electron chi connectivity index (χ3n) is 2.87. The Balaban J connectivity index is 2.55. The van der Waals surface area contributed by atoms with E-state index in [-0.39, 0.29) is 11.3 Å². The summed E-state index contributed by atoms with van der Waals surface area (Å²) in [5.41, 5.74) is 1.50. The van der Waals surface area contributed by atoms with Crippen molar-refractivity contribution in [3.8, 4) is 17.0 Å². The Kier molecular flexibility index (Phi) is 3.94. The molecule has 0 fully saturated rings. The zero-order valence-electron chi connectivity index (χ0n) is 10.9. The number of hydrogen-bond acceptors (Lipinski definition) is 3. The summed E-state index contributed by atoms with van der Waals surface area (Å²) >= 11 is 0. The first-order valence-corrected chi connectivity index (χ1v) is 6.07. The van der Waals surface area contributed by atoms with Crippen molar-refractivity contribution in [2.45, 2.75) is 19.8 Å². The molecule has 1 aromatic heterocycles. The fourth-order valence-electron chi connectivity index (χ4n) is 1.97. The molecule has 0 aliphatic heterocycles. The van der Waals surface area contributed by atoms with Crippen LogP contribution in [0.5, 0.6) is 5.75 Å². The summed E-state index contributed by atoms with van der Waals surface area (Å²) in [6.07, 6.45) is 2.76. The summed E-state index contributed by atoms with van der Waals surface area (Å²) in [6.45, 7) is 1.98. The first-order chi connectivity index (χ1) is 9.17. The minimum absolute atomic E-state index is 0.172. The van der Waals surface area contributed by atoms with Crippen LogP contribution >= 0.6 is 0 Å². The van der Waals surface area contributed by atoms with E-state index in [4.69, 9.17) is 4.74 Å². The van der Waals surface area contributed by atoms with Crippen LogP contribution in [-0.4, -0.2) is 17.1 Å². The van der Waals surface area contributed by atoms with Gasteiger partial charge in [0.05, 0.1) is 19.1 Å². The van der Waals surface area contributed by atoms with Crippen LogP contribution in [0.3, 0.4) is 0 Å². The molecule has 5 heteroatoms. The minimum Gasteiger partial charge on any atom is -0.494 e. The predicted molar refractivity (Wildman–Crippen MR) is 70.8 cm³/mol. The van der Waals surface area contributed by atoms with Gasteiger partial charge >= 0.3 is 0 Å². The highest BCUT2D eigenvalue weighted by Crippen LogP contribution is 2.25. The average Bonchev–Trinajstić information content (AvgIpc) is 2.41. The number of rotatable bonds is 4. The number of nitrogens with one attached hydrogen (secondary N) is 1. The second-order valence-corrected chi connectivity index (χ2v) is 4.16. The lowest BCUT2D eigenvalue weighted by Crippen LogP contribution is -2.14. The van der Waals surface area contributed by atoms with Crippen molar-refractivity contribution in [2.24, 2.45) is 0 Å². The Bertz CT molecular complexity index is 638. The Hall–Kier alpha value is -2.17. The van der Waals surface area contributed by atoms with E-state index < -0.39 is 5.82 Å². The Labute approximate surface area is 110 Å². The van der Waals surface area contributed by atoms with Crippen molar-refractivity contribution in [1.82, 2.24) is 9.97 Å². The lowest BCUT2D eigenvalue weighted by atomic mass is 10.0. The predicted octanol–water partition coefficient (Wildman–Crippen LogP) is 2.54. The van der Waals surface area contributed by atoms with E-state index in [1.54, 1.807) is 6.07 Å². The molecule has 0 amide bonds. The van der Waals surface area contributed by atoms with Crippen LogP contribution in [0.25, 0.3) is 11.3 Å². The normalized spacial score (nSPS) is 10.5. The molecule has 0 saturated carbocycles. The zero-order valence-corrected chi connectivity index (χ0v) is 10.9. The molecule has 1 aromatic carbocycles. The van der Waals surface area contributed by atoms with Crippen molar-refractivity contribution in [1.29, 1.82) is 0 Å². The summed E-state index contributed by atoms with van der Waals surface area (Å²) < 4.78 is 18.6. The van der Waals surface area contributed by atoms with E-state index >= 15 is 0 Å².